The molecule has 0 spiro atoms. The third-order valence-electron chi connectivity index (χ3n) is 5.91. The fraction of sp³-hybridized carbons (Fsp3) is 0.0417. The van der Waals surface area contributed by atoms with Crippen LogP contribution in [0.1, 0.15) is 11.1 Å². The first kappa shape index (κ1) is 14.3. The van der Waals surface area contributed by atoms with E-state index in [-0.39, 0.29) is 0 Å². The number of nitrogens with zero attached hydrogens (tertiary/aromatic N) is 4. The second-order valence-corrected chi connectivity index (χ2v) is 7.34. The molecule has 7 rings (SSSR count). The van der Waals surface area contributed by atoms with Crippen molar-refractivity contribution >= 4 is 38.6 Å². The van der Waals surface area contributed by atoms with Gasteiger partial charge in [0.15, 0.2) is 5.65 Å². The number of fused-ring (bicyclic) bond motifs is 12. The Balaban J connectivity index is 1.79. The molecule has 0 fully saturated rings. The molecule has 28 heavy (non-hydrogen) atoms. The van der Waals surface area contributed by atoms with Gasteiger partial charge in [0.25, 0.3) is 0 Å². The van der Waals surface area contributed by atoms with Crippen molar-refractivity contribution < 1.29 is 0 Å². The lowest BCUT2D eigenvalue weighted by Crippen LogP contribution is -1.96. The lowest BCUT2D eigenvalue weighted by Gasteiger charge is -2.11. The van der Waals surface area contributed by atoms with E-state index in [9.17, 15) is 0 Å². The van der Waals surface area contributed by atoms with Crippen molar-refractivity contribution in [3.05, 3.63) is 84.2 Å². The molecule has 0 N–H and O–H groups in total. The normalized spacial score (nSPS) is 12.9. The topological polar surface area (TPSA) is 43.1 Å². The van der Waals surface area contributed by atoms with Gasteiger partial charge in [-0.05, 0) is 52.9 Å². The zero-order valence-corrected chi connectivity index (χ0v) is 14.9. The fourth-order valence-corrected chi connectivity index (χ4v) is 4.76. The van der Waals surface area contributed by atoms with Crippen LogP contribution < -0.4 is 0 Å². The number of hydrogen-bond acceptors (Lipinski definition) is 3. The zero-order chi connectivity index (χ0) is 18.2. The van der Waals surface area contributed by atoms with E-state index in [1.807, 2.05) is 30.6 Å². The van der Waals surface area contributed by atoms with Crippen molar-refractivity contribution in [1.82, 2.24) is 19.4 Å². The number of aromatic nitrogens is 4. The van der Waals surface area contributed by atoms with Gasteiger partial charge in [0.1, 0.15) is 11.2 Å². The van der Waals surface area contributed by atoms with Crippen molar-refractivity contribution in [3.63, 3.8) is 0 Å². The minimum atomic E-state index is 0.880. The van der Waals surface area contributed by atoms with Crippen LogP contribution in [0.15, 0.2) is 73.1 Å². The molecule has 2 aromatic carbocycles. The Morgan fingerprint density at radius 1 is 0.750 bits per heavy atom. The summed E-state index contributed by atoms with van der Waals surface area (Å²) in [6.07, 6.45) is 4.61. The number of imidazole rings is 1. The van der Waals surface area contributed by atoms with Crippen molar-refractivity contribution in [2.24, 2.45) is 0 Å². The van der Waals surface area contributed by atoms with Gasteiger partial charge in [0.2, 0.25) is 0 Å². The highest BCUT2D eigenvalue weighted by molar-refractivity contribution is 6.15. The van der Waals surface area contributed by atoms with E-state index in [0.29, 0.717) is 0 Å². The minimum Gasteiger partial charge on any atom is -0.274 e. The standard InChI is InChI=1S/C24H14N4/c1-2-6-15-14(5-1)13-18-16(15)9-10-17-21(18)24-27-19-7-3-12-26-23(19)28(24)20-8-4-11-25-22(17)20/h1-12H,13H2. The molecule has 0 aliphatic heterocycles. The van der Waals surface area contributed by atoms with Crippen LogP contribution in [-0.2, 0) is 6.42 Å². The summed E-state index contributed by atoms with van der Waals surface area (Å²) in [6, 6.07) is 21.2. The number of pyridine rings is 3. The Morgan fingerprint density at radius 3 is 2.64 bits per heavy atom. The van der Waals surface area contributed by atoms with E-state index in [1.165, 1.54) is 27.6 Å². The summed E-state index contributed by atoms with van der Waals surface area (Å²) in [5.41, 5.74) is 10.1. The van der Waals surface area contributed by atoms with E-state index < -0.39 is 0 Å². The average molecular weight is 358 g/mol. The largest absolute Gasteiger partial charge is 0.274 e. The molecular weight excluding hydrogens is 344 g/mol. The summed E-state index contributed by atoms with van der Waals surface area (Å²) < 4.78 is 2.17. The van der Waals surface area contributed by atoms with Crippen LogP contribution in [0.25, 0.3) is 49.7 Å². The Hall–Kier alpha value is -3.79. The number of benzene rings is 2. The molecule has 6 aromatic rings. The Kier molecular flexibility index (Phi) is 2.51. The van der Waals surface area contributed by atoms with E-state index in [4.69, 9.17) is 9.97 Å². The second kappa shape index (κ2) is 4.93. The molecule has 0 amide bonds. The van der Waals surface area contributed by atoms with Crippen molar-refractivity contribution in [1.29, 1.82) is 0 Å². The molecule has 0 unspecified atom stereocenters. The van der Waals surface area contributed by atoms with Gasteiger partial charge in [-0.1, -0.05) is 36.4 Å². The molecule has 1 aliphatic carbocycles. The van der Waals surface area contributed by atoms with E-state index >= 15 is 0 Å². The third kappa shape index (κ3) is 1.63. The van der Waals surface area contributed by atoms with Gasteiger partial charge in [-0.2, -0.15) is 0 Å². The molecule has 4 heteroatoms. The molecular formula is C24H14N4. The maximum atomic E-state index is 5.01. The molecule has 0 radical (unpaired) electrons. The zero-order valence-electron chi connectivity index (χ0n) is 14.9. The van der Waals surface area contributed by atoms with Gasteiger partial charge in [-0.15, -0.1) is 0 Å². The summed E-state index contributed by atoms with van der Waals surface area (Å²) in [4.78, 5) is 14.4. The van der Waals surface area contributed by atoms with Crippen LogP contribution in [0.3, 0.4) is 0 Å². The van der Waals surface area contributed by atoms with Gasteiger partial charge in [0, 0.05) is 23.2 Å². The van der Waals surface area contributed by atoms with E-state index in [2.05, 4.69) is 51.8 Å². The quantitative estimate of drug-likeness (QED) is 0.352. The average Bonchev–Trinajstić information content (AvgIpc) is 3.32. The van der Waals surface area contributed by atoms with Crippen LogP contribution in [-0.4, -0.2) is 19.4 Å². The smallest absolute Gasteiger partial charge is 0.165 e. The molecule has 0 bridgehead atoms. The van der Waals surface area contributed by atoms with Crippen LogP contribution in [0, 0.1) is 0 Å². The first-order valence-corrected chi connectivity index (χ1v) is 9.44. The summed E-state index contributed by atoms with van der Waals surface area (Å²) >= 11 is 0. The Morgan fingerprint density at radius 2 is 1.64 bits per heavy atom. The third-order valence-corrected chi connectivity index (χ3v) is 5.91. The van der Waals surface area contributed by atoms with Crippen LogP contribution in [0.4, 0.5) is 0 Å². The van der Waals surface area contributed by atoms with E-state index in [1.54, 1.807) is 0 Å². The SMILES string of the molecule is c1ccc2c(c1)Cc1c-2ccc2c3ncccc3n3c4ncccc4nc3c12. The Bertz CT molecular complexity index is 1590. The monoisotopic (exact) mass is 358 g/mol. The Labute approximate surface area is 160 Å². The number of hydrogen-bond donors (Lipinski definition) is 0. The van der Waals surface area contributed by atoms with Gasteiger partial charge >= 0.3 is 0 Å². The molecule has 4 heterocycles. The summed E-state index contributed by atoms with van der Waals surface area (Å²) in [5, 5.41) is 2.35. The predicted molar refractivity (Wildman–Crippen MR) is 112 cm³/mol. The maximum absolute atomic E-state index is 5.01. The van der Waals surface area contributed by atoms with Crippen LogP contribution in [0.5, 0.6) is 0 Å². The lowest BCUT2D eigenvalue weighted by molar-refractivity contribution is 1.23. The first-order chi connectivity index (χ1) is 13.9. The molecule has 0 saturated carbocycles. The summed E-state index contributed by atoms with van der Waals surface area (Å²) in [7, 11) is 0. The lowest BCUT2D eigenvalue weighted by atomic mass is 9.99. The number of rotatable bonds is 0. The van der Waals surface area contributed by atoms with Gasteiger partial charge in [-0.25, -0.2) is 9.97 Å². The van der Waals surface area contributed by atoms with Gasteiger partial charge < -0.3 is 0 Å². The molecule has 130 valence electrons. The minimum absolute atomic E-state index is 0.880. The molecule has 0 saturated heterocycles. The highest BCUT2D eigenvalue weighted by Crippen LogP contribution is 2.43. The van der Waals surface area contributed by atoms with E-state index in [0.717, 1.165) is 39.7 Å². The second-order valence-electron chi connectivity index (χ2n) is 7.34. The highest BCUT2D eigenvalue weighted by atomic mass is 15.1. The molecule has 4 nitrogen and oxygen atoms in total. The summed E-state index contributed by atoms with van der Waals surface area (Å²) in [5.74, 6) is 0. The molecule has 4 aromatic heterocycles. The van der Waals surface area contributed by atoms with Gasteiger partial charge in [-0.3, -0.25) is 9.38 Å². The van der Waals surface area contributed by atoms with Crippen LogP contribution in [0.2, 0.25) is 0 Å². The van der Waals surface area contributed by atoms with Crippen molar-refractivity contribution in [2.45, 2.75) is 6.42 Å². The van der Waals surface area contributed by atoms with Crippen LogP contribution >= 0.6 is 0 Å². The first-order valence-electron chi connectivity index (χ1n) is 9.44. The molecule has 0 atom stereocenters. The van der Waals surface area contributed by atoms with Crippen molar-refractivity contribution in [2.75, 3.05) is 0 Å². The van der Waals surface area contributed by atoms with Gasteiger partial charge in [0.05, 0.1) is 11.0 Å². The highest BCUT2D eigenvalue weighted by Gasteiger charge is 2.24. The molecule has 1 aliphatic rings. The predicted octanol–water partition coefficient (Wildman–Crippen LogP) is 5.16. The van der Waals surface area contributed by atoms with Crippen molar-refractivity contribution in [3.8, 4) is 11.1 Å². The fourth-order valence-electron chi connectivity index (χ4n) is 4.76. The maximum Gasteiger partial charge on any atom is 0.165 e. The summed E-state index contributed by atoms with van der Waals surface area (Å²) in [6.45, 7) is 0.